The largest absolute Gasteiger partial charge is 0.447 e. The van der Waals surface area contributed by atoms with Gasteiger partial charge in [-0.1, -0.05) is 0 Å². The molecule has 0 heterocycles. The van der Waals surface area contributed by atoms with Crippen LogP contribution in [0, 0.1) is 0 Å². The van der Waals surface area contributed by atoms with Gasteiger partial charge in [0.05, 0.1) is 12.2 Å². The zero-order chi connectivity index (χ0) is 9.56. The molecule has 0 fully saturated rings. The van der Waals surface area contributed by atoms with Gasteiger partial charge >= 0.3 is 6.09 Å². The van der Waals surface area contributed by atoms with Crippen LogP contribution in [0.3, 0.4) is 0 Å². The highest BCUT2D eigenvalue weighted by molar-refractivity contribution is 5.67. The highest BCUT2D eigenvalue weighted by atomic mass is 16.6. The van der Waals surface area contributed by atoms with Crippen LogP contribution in [0.25, 0.3) is 0 Å². The number of ether oxygens (including phenoxy) is 1. The number of alkyl carbamates (subject to hydrolysis) is 1. The molecule has 0 bridgehead atoms. The number of rotatable bonds is 4. The Morgan fingerprint density at radius 3 is 2.42 bits per heavy atom. The Morgan fingerprint density at radius 1 is 1.42 bits per heavy atom. The molecule has 0 radical (unpaired) electrons. The van der Waals surface area contributed by atoms with Gasteiger partial charge in [-0.3, -0.25) is 0 Å². The van der Waals surface area contributed by atoms with E-state index in [2.05, 4.69) is 10.1 Å². The standard InChI is InChI=1S/C7H15NO4/c1-5(9)3-8-7(11)12-4-6(2)10/h5-6,9-10H,3-4H2,1-2H3,(H,8,11). The van der Waals surface area contributed by atoms with Crippen LogP contribution in [0.2, 0.25) is 0 Å². The van der Waals surface area contributed by atoms with E-state index >= 15 is 0 Å². The second-order valence-corrected chi connectivity index (χ2v) is 2.68. The zero-order valence-corrected chi connectivity index (χ0v) is 7.28. The van der Waals surface area contributed by atoms with Crippen molar-refractivity contribution in [2.24, 2.45) is 0 Å². The van der Waals surface area contributed by atoms with E-state index in [4.69, 9.17) is 10.2 Å². The van der Waals surface area contributed by atoms with Gasteiger partial charge in [0.2, 0.25) is 0 Å². The molecule has 0 aliphatic heterocycles. The van der Waals surface area contributed by atoms with Gasteiger partial charge in [0.25, 0.3) is 0 Å². The third-order valence-electron chi connectivity index (χ3n) is 0.997. The predicted octanol–water partition coefficient (Wildman–Crippen LogP) is -0.526. The van der Waals surface area contributed by atoms with Crippen LogP contribution in [-0.4, -0.2) is 41.7 Å². The van der Waals surface area contributed by atoms with E-state index in [1.54, 1.807) is 6.92 Å². The normalized spacial score (nSPS) is 15.0. The molecule has 3 N–H and O–H groups in total. The van der Waals surface area contributed by atoms with E-state index in [0.717, 1.165) is 0 Å². The fourth-order valence-electron chi connectivity index (χ4n) is 0.478. The van der Waals surface area contributed by atoms with E-state index < -0.39 is 18.3 Å². The van der Waals surface area contributed by atoms with Crippen LogP contribution in [0.1, 0.15) is 13.8 Å². The molecule has 5 nitrogen and oxygen atoms in total. The highest BCUT2D eigenvalue weighted by Gasteiger charge is 2.04. The van der Waals surface area contributed by atoms with Crippen LogP contribution in [0.15, 0.2) is 0 Å². The molecule has 0 aliphatic rings. The molecule has 0 spiro atoms. The van der Waals surface area contributed by atoms with Crippen LogP contribution in [-0.2, 0) is 4.74 Å². The number of hydrogen-bond acceptors (Lipinski definition) is 4. The number of hydrogen-bond donors (Lipinski definition) is 3. The van der Waals surface area contributed by atoms with Crippen LogP contribution >= 0.6 is 0 Å². The summed E-state index contributed by atoms with van der Waals surface area (Å²) in [6.45, 7) is 3.18. The summed E-state index contributed by atoms with van der Waals surface area (Å²) in [5, 5.41) is 19.8. The second-order valence-electron chi connectivity index (χ2n) is 2.68. The van der Waals surface area contributed by atoms with E-state index in [-0.39, 0.29) is 13.2 Å². The molecule has 2 unspecified atom stereocenters. The van der Waals surface area contributed by atoms with Crippen molar-refractivity contribution in [3.05, 3.63) is 0 Å². The average molecular weight is 177 g/mol. The number of carbonyl (C=O) groups is 1. The van der Waals surface area contributed by atoms with Crippen molar-refractivity contribution in [2.75, 3.05) is 13.2 Å². The molecule has 72 valence electrons. The second kappa shape index (κ2) is 5.79. The van der Waals surface area contributed by atoms with Crippen molar-refractivity contribution in [3.8, 4) is 0 Å². The molecule has 0 aromatic rings. The van der Waals surface area contributed by atoms with Crippen LogP contribution in [0.4, 0.5) is 4.79 Å². The summed E-state index contributed by atoms with van der Waals surface area (Å²) in [5.74, 6) is 0. The summed E-state index contributed by atoms with van der Waals surface area (Å²) in [7, 11) is 0. The molecule has 1 amide bonds. The molecule has 2 atom stereocenters. The van der Waals surface area contributed by atoms with Gasteiger partial charge in [0, 0.05) is 6.54 Å². The zero-order valence-electron chi connectivity index (χ0n) is 7.28. The molecular formula is C7H15NO4. The minimum atomic E-state index is -0.665. The van der Waals surface area contributed by atoms with E-state index in [1.807, 2.05) is 0 Å². The fourth-order valence-corrected chi connectivity index (χ4v) is 0.478. The Kier molecular flexibility index (Phi) is 5.40. The number of aliphatic hydroxyl groups excluding tert-OH is 2. The fraction of sp³-hybridized carbons (Fsp3) is 0.857. The van der Waals surface area contributed by atoms with Gasteiger partial charge in [-0.2, -0.15) is 0 Å². The Bertz CT molecular complexity index is 121. The lowest BCUT2D eigenvalue weighted by atomic mass is 10.4. The first-order chi connectivity index (χ1) is 5.52. The van der Waals surface area contributed by atoms with Crippen molar-refractivity contribution in [1.29, 1.82) is 0 Å². The van der Waals surface area contributed by atoms with Crippen LogP contribution < -0.4 is 5.32 Å². The Hall–Kier alpha value is -0.810. The summed E-state index contributed by atoms with van der Waals surface area (Å²) in [6.07, 6.45) is -1.89. The molecular weight excluding hydrogens is 162 g/mol. The van der Waals surface area contributed by atoms with Gasteiger partial charge in [0.1, 0.15) is 6.61 Å². The Morgan fingerprint density at radius 2 is 2.00 bits per heavy atom. The van der Waals surface area contributed by atoms with E-state index in [0.29, 0.717) is 0 Å². The van der Waals surface area contributed by atoms with Gasteiger partial charge in [-0.25, -0.2) is 4.79 Å². The SMILES string of the molecule is CC(O)CNC(=O)OCC(C)O. The van der Waals surface area contributed by atoms with Gasteiger partial charge in [-0.05, 0) is 13.8 Å². The molecule has 0 aromatic heterocycles. The summed E-state index contributed by atoms with van der Waals surface area (Å²) in [5.41, 5.74) is 0. The topological polar surface area (TPSA) is 78.8 Å². The first-order valence-corrected chi connectivity index (χ1v) is 3.79. The number of carbonyl (C=O) groups excluding carboxylic acids is 1. The minimum Gasteiger partial charge on any atom is -0.447 e. The Balaban J connectivity index is 3.34. The van der Waals surface area contributed by atoms with Crippen molar-refractivity contribution in [1.82, 2.24) is 5.32 Å². The predicted molar refractivity (Wildman–Crippen MR) is 42.7 cm³/mol. The summed E-state index contributed by atoms with van der Waals surface area (Å²) < 4.78 is 4.54. The smallest absolute Gasteiger partial charge is 0.407 e. The average Bonchev–Trinajstić information content (AvgIpc) is 1.96. The molecule has 0 aromatic carbocycles. The monoisotopic (exact) mass is 177 g/mol. The molecule has 12 heavy (non-hydrogen) atoms. The summed E-state index contributed by atoms with van der Waals surface area (Å²) in [4.78, 5) is 10.7. The van der Waals surface area contributed by atoms with Crippen molar-refractivity contribution < 1.29 is 19.7 Å². The quantitative estimate of drug-likeness (QED) is 0.539. The number of amides is 1. The first kappa shape index (κ1) is 11.2. The summed E-state index contributed by atoms with van der Waals surface area (Å²) in [6, 6.07) is 0. The first-order valence-electron chi connectivity index (χ1n) is 3.79. The molecule has 0 rings (SSSR count). The Labute approximate surface area is 71.3 Å². The molecule has 5 heteroatoms. The van der Waals surface area contributed by atoms with Gasteiger partial charge in [0.15, 0.2) is 0 Å². The lowest BCUT2D eigenvalue weighted by Crippen LogP contribution is -2.32. The van der Waals surface area contributed by atoms with Crippen molar-refractivity contribution in [2.45, 2.75) is 26.1 Å². The van der Waals surface area contributed by atoms with Crippen molar-refractivity contribution in [3.63, 3.8) is 0 Å². The van der Waals surface area contributed by atoms with Gasteiger partial charge in [-0.15, -0.1) is 0 Å². The minimum absolute atomic E-state index is 0.0361. The molecule has 0 aliphatic carbocycles. The lowest BCUT2D eigenvalue weighted by molar-refractivity contribution is 0.0754. The van der Waals surface area contributed by atoms with Crippen LogP contribution in [0.5, 0.6) is 0 Å². The third-order valence-corrected chi connectivity index (χ3v) is 0.997. The van der Waals surface area contributed by atoms with Gasteiger partial charge < -0.3 is 20.3 Å². The highest BCUT2D eigenvalue weighted by Crippen LogP contribution is 1.84. The maximum atomic E-state index is 10.7. The summed E-state index contributed by atoms with van der Waals surface area (Å²) >= 11 is 0. The van der Waals surface area contributed by atoms with E-state index in [1.165, 1.54) is 6.92 Å². The maximum Gasteiger partial charge on any atom is 0.407 e. The number of aliphatic hydroxyl groups is 2. The van der Waals surface area contributed by atoms with Crippen molar-refractivity contribution >= 4 is 6.09 Å². The number of nitrogens with one attached hydrogen (secondary N) is 1. The lowest BCUT2D eigenvalue weighted by Gasteiger charge is -2.09. The van der Waals surface area contributed by atoms with E-state index in [9.17, 15) is 4.79 Å². The molecule has 0 saturated carbocycles. The molecule has 0 saturated heterocycles. The maximum absolute atomic E-state index is 10.7. The third kappa shape index (κ3) is 7.30.